The Hall–Kier alpha value is -2.56. The SMILES string of the molecule is COc1ccc(Oc2ccc([N+](=O)[O-])c(C)c2)cc1. The molecule has 0 atom stereocenters. The zero-order chi connectivity index (χ0) is 13.8. The molecule has 0 aliphatic rings. The highest BCUT2D eigenvalue weighted by Gasteiger charge is 2.10. The van der Waals surface area contributed by atoms with Gasteiger partial charge >= 0.3 is 0 Å². The molecule has 5 nitrogen and oxygen atoms in total. The van der Waals surface area contributed by atoms with Gasteiger partial charge in [-0.25, -0.2) is 0 Å². The predicted octanol–water partition coefficient (Wildman–Crippen LogP) is 3.70. The van der Waals surface area contributed by atoms with E-state index in [2.05, 4.69) is 0 Å². The topological polar surface area (TPSA) is 61.6 Å². The molecule has 0 aliphatic heterocycles. The van der Waals surface area contributed by atoms with Gasteiger partial charge in [-0.2, -0.15) is 0 Å². The maximum Gasteiger partial charge on any atom is 0.272 e. The normalized spacial score (nSPS) is 10.0. The van der Waals surface area contributed by atoms with Gasteiger partial charge in [0.05, 0.1) is 12.0 Å². The summed E-state index contributed by atoms with van der Waals surface area (Å²) in [7, 11) is 1.59. The largest absolute Gasteiger partial charge is 0.497 e. The van der Waals surface area contributed by atoms with Crippen LogP contribution in [-0.2, 0) is 0 Å². The zero-order valence-electron chi connectivity index (χ0n) is 10.6. The van der Waals surface area contributed by atoms with E-state index in [1.54, 1.807) is 50.4 Å². The van der Waals surface area contributed by atoms with E-state index in [-0.39, 0.29) is 5.69 Å². The van der Waals surface area contributed by atoms with Crippen LogP contribution in [0.2, 0.25) is 0 Å². The molecule has 0 radical (unpaired) electrons. The summed E-state index contributed by atoms with van der Waals surface area (Å²) in [6, 6.07) is 11.8. The molecule has 0 saturated heterocycles. The van der Waals surface area contributed by atoms with E-state index in [0.717, 1.165) is 5.75 Å². The Bertz CT molecular complexity index is 593. The molecule has 0 amide bonds. The Kier molecular flexibility index (Phi) is 3.66. The van der Waals surface area contributed by atoms with E-state index >= 15 is 0 Å². The van der Waals surface area contributed by atoms with Crippen molar-refractivity contribution >= 4 is 5.69 Å². The van der Waals surface area contributed by atoms with Crippen molar-refractivity contribution in [3.05, 3.63) is 58.1 Å². The minimum absolute atomic E-state index is 0.0853. The van der Waals surface area contributed by atoms with Gasteiger partial charge in [-0.1, -0.05) is 0 Å². The molecule has 2 aromatic carbocycles. The molecule has 98 valence electrons. The summed E-state index contributed by atoms with van der Waals surface area (Å²) in [6.07, 6.45) is 0. The average molecular weight is 259 g/mol. The monoisotopic (exact) mass is 259 g/mol. The van der Waals surface area contributed by atoms with Crippen molar-refractivity contribution in [1.29, 1.82) is 0 Å². The second-order valence-electron chi connectivity index (χ2n) is 3.98. The van der Waals surface area contributed by atoms with Gasteiger partial charge in [-0.15, -0.1) is 0 Å². The molecular weight excluding hydrogens is 246 g/mol. The lowest BCUT2D eigenvalue weighted by Gasteiger charge is -2.07. The smallest absolute Gasteiger partial charge is 0.272 e. The van der Waals surface area contributed by atoms with Crippen LogP contribution in [0.15, 0.2) is 42.5 Å². The number of ether oxygens (including phenoxy) is 2. The summed E-state index contributed by atoms with van der Waals surface area (Å²) in [5, 5.41) is 10.7. The molecule has 0 fully saturated rings. The minimum atomic E-state index is -0.410. The van der Waals surface area contributed by atoms with Crippen LogP contribution in [0.1, 0.15) is 5.56 Å². The van der Waals surface area contributed by atoms with Crippen LogP contribution in [0.4, 0.5) is 5.69 Å². The summed E-state index contributed by atoms with van der Waals surface area (Å²) < 4.78 is 10.7. The minimum Gasteiger partial charge on any atom is -0.497 e. The van der Waals surface area contributed by atoms with Crippen molar-refractivity contribution in [2.75, 3.05) is 7.11 Å². The number of nitrogens with zero attached hydrogens (tertiary/aromatic N) is 1. The predicted molar refractivity (Wildman–Crippen MR) is 70.9 cm³/mol. The molecular formula is C14H13NO4. The fourth-order valence-electron chi connectivity index (χ4n) is 1.68. The van der Waals surface area contributed by atoms with Crippen molar-refractivity contribution in [3.63, 3.8) is 0 Å². The molecule has 0 N–H and O–H groups in total. The molecule has 0 unspecified atom stereocenters. The molecule has 19 heavy (non-hydrogen) atoms. The lowest BCUT2D eigenvalue weighted by molar-refractivity contribution is -0.385. The third kappa shape index (κ3) is 3.01. The lowest BCUT2D eigenvalue weighted by atomic mass is 10.2. The van der Waals surface area contributed by atoms with E-state index in [4.69, 9.17) is 9.47 Å². The van der Waals surface area contributed by atoms with Gasteiger partial charge in [-0.3, -0.25) is 10.1 Å². The van der Waals surface area contributed by atoms with Crippen molar-refractivity contribution in [2.24, 2.45) is 0 Å². The van der Waals surface area contributed by atoms with E-state index < -0.39 is 4.92 Å². The Morgan fingerprint density at radius 3 is 2.11 bits per heavy atom. The third-order valence-electron chi connectivity index (χ3n) is 2.66. The fraction of sp³-hybridized carbons (Fsp3) is 0.143. The number of nitro groups is 1. The Labute approximate surface area is 110 Å². The molecule has 5 heteroatoms. The summed E-state index contributed by atoms with van der Waals surface area (Å²) in [5.74, 6) is 1.95. The van der Waals surface area contributed by atoms with Crippen LogP contribution in [0.25, 0.3) is 0 Å². The maximum absolute atomic E-state index is 10.7. The first kappa shape index (κ1) is 12.9. The van der Waals surface area contributed by atoms with Crippen LogP contribution < -0.4 is 9.47 Å². The van der Waals surface area contributed by atoms with Crippen LogP contribution in [0, 0.1) is 17.0 Å². The van der Waals surface area contributed by atoms with Crippen molar-refractivity contribution in [2.45, 2.75) is 6.92 Å². The number of rotatable bonds is 4. The molecule has 2 aromatic rings. The molecule has 0 heterocycles. The Morgan fingerprint density at radius 1 is 1.00 bits per heavy atom. The van der Waals surface area contributed by atoms with Crippen molar-refractivity contribution < 1.29 is 14.4 Å². The summed E-state index contributed by atoms with van der Waals surface area (Å²) in [6.45, 7) is 1.68. The van der Waals surface area contributed by atoms with E-state index in [0.29, 0.717) is 17.1 Å². The number of nitro benzene ring substituents is 1. The highest BCUT2D eigenvalue weighted by Crippen LogP contribution is 2.28. The zero-order valence-corrected chi connectivity index (χ0v) is 10.6. The number of methoxy groups -OCH3 is 1. The first-order valence-corrected chi connectivity index (χ1v) is 5.67. The average Bonchev–Trinajstić information content (AvgIpc) is 2.39. The van der Waals surface area contributed by atoms with Gasteiger partial charge in [-0.05, 0) is 43.3 Å². The van der Waals surface area contributed by atoms with E-state index in [9.17, 15) is 10.1 Å². The van der Waals surface area contributed by atoms with Crippen LogP contribution in [-0.4, -0.2) is 12.0 Å². The molecule has 0 saturated carbocycles. The molecule has 0 aliphatic carbocycles. The van der Waals surface area contributed by atoms with Gasteiger partial charge in [0, 0.05) is 11.6 Å². The van der Waals surface area contributed by atoms with Gasteiger partial charge in [0.15, 0.2) is 0 Å². The van der Waals surface area contributed by atoms with Gasteiger partial charge in [0.25, 0.3) is 5.69 Å². The number of hydrogen-bond donors (Lipinski definition) is 0. The number of aryl methyl sites for hydroxylation is 1. The van der Waals surface area contributed by atoms with Gasteiger partial charge < -0.3 is 9.47 Å². The van der Waals surface area contributed by atoms with E-state index in [1.807, 2.05) is 0 Å². The van der Waals surface area contributed by atoms with Crippen LogP contribution >= 0.6 is 0 Å². The fourth-order valence-corrected chi connectivity index (χ4v) is 1.68. The van der Waals surface area contributed by atoms with Crippen LogP contribution in [0.3, 0.4) is 0 Å². The molecule has 0 bridgehead atoms. The second-order valence-corrected chi connectivity index (χ2v) is 3.98. The van der Waals surface area contributed by atoms with Crippen molar-refractivity contribution in [1.82, 2.24) is 0 Å². The maximum atomic E-state index is 10.7. The quantitative estimate of drug-likeness (QED) is 0.620. The third-order valence-corrected chi connectivity index (χ3v) is 2.66. The number of benzene rings is 2. The highest BCUT2D eigenvalue weighted by atomic mass is 16.6. The van der Waals surface area contributed by atoms with E-state index in [1.165, 1.54) is 6.07 Å². The lowest BCUT2D eigenvalue weighted by Crippen LogP contribution is -1.92. The second kappa shape index (κ2) is 5.39. The molecule has 0 aromatic heterocycles. The van der Waals surface area contributed by atoms with Crippen LogP contribution in [0.5, 0.6) is 17.2 Å². The van der Waals surface area contributed by atoms with Crippen molar-refractivity contribution in [3.8, 4) is 17.2 Å². The standard InChI is InChI=1S/C14H13NO4/c1-10-9-13(7-8-14(10)15(16)17)19-12-5-3-11(18-2)4-6-12/h3-9H,1-2H3. The summed E-state index contributed by atoms with van der Waals surface area (Å²) in [5.41, 5.74) is 0.651. The highest BCUT2D eigenvalue weighted by molar-refractivity contribution is 5.45. The Morgan fingerprint density at radius 2 is 1.58 bits per heavy atom. The van der Waals surface area contributed by atoms with Gasteiger partial charge in [0.2, 0.25) is 0 Å². The molecule has 2 rings (SSSR count). The Balaban J connectivity index is 2.18. The first-order chi connectivity index (χ1) is 9.10. The molecule has 0 spiro atoms. The summed E-state index contributed by atoms with van der Waals surface area (Å²) in [4.78, 5) is 10.3. The number of hydrogen-bond acceptors (Lipinski definition) is 4. The first-order valence-electron chi connectivity index (χ1n) is 5.67. The van der Waals surface area contributed by atoms with Gasteiger partial charge in [0.1, 0.15) is 17.2 Å². The summed E-state index contributed by atoms with van der Waals surface area (Å²) >= 11 is 0.